The molecule has 4 aromatic rings. The molecular formula is C20H18ClN5O2. The van der Waals surface area contributed by atoms with Gasteiger partial charge in [0, 0.05) is 48.8 Å². The number of fused-ring (bicyclic) bond motifs is 1. The van der Waals surface area contributed by atoms with Crippen LogP contribution >= 0.6 is 11.6 Å². The molecule has 0 spiro atoms. The first-order chi connectivity index (χ1) is 13.7. The summed E-state index contributed by atoms with van der Waals surface area (Å²) < 4.78 is 8.52. The number of rotatable bonds is 6. The van der Waals surface area contributed by atoms with Crippen LogP contribution in [0.1, 0.15) is 0 Å². The molecule has 0 unspecified atom stereocenters. The molecule has 0 aliphatic heterocycles. The molecule has 0 saturated carbocycles. The molecular weight excluding hydrogens is 378 g/mol. The minimum Gasteiger partial charge on any atom is -0.383 e. The van der Waals surface area contributed by atoms with E-state index in [-0.39, 0.29) is 5.02 Å². The molecule has 0 aliphatic rings. The van der Waals surface area contributed by atoms with Gasteiger partial charge in [0.15, 0.2) is 0 Å². The number of hydrogen-bond donors (Lipinski definition) is 1. The Balaban J connectivity index is 1.62. The third-order valence-corrected chi connectivity index (χ3v) is 4.78. The van der Waals surface area contributed by atoms with E-state index in [0.29, 0.717) is 18.0 Å². The van der Waals surface area contributed by atoms with Crippen LogP contribution in [0.5, 0.6) is 0 Å². The largest absolute Gasteiger partial charge is 0.383 e. The molecule has 28 heavy (non-hydrogen) atoms. The molecule has 7 nitrogen and oxygen atoms in total. The summed E-state index contributed by atoms with van der Waals surface area (Å²) in [7, 11) is 1.69. The van der Waals surface area contributed by atoms with Crippen LogP contribution < -0.4 is 10.9 Å². The normalized spacial score (nSPS) is 11.1. The zero-order valence-corrected chi connectivity index (χ0v) is 15.9. The zero-order valence-electron chi connectivity index (χ0n) is 15.2. The number of benzene rings is 1. The van der Waals surface area contributed by atoms with Crippen LogP contribution in [0, 0.1) is 0 Å². The van der Waals surface area contributed by atoms with E-state index in [2.05, 4.69) is 20.0 Å². The predicted octanol–water partition coefficient (Wildman–Crippen LogP) is 3.63. The van der Waals surface area contributed by atoms with Gasteiger partial charge in [-0.05, 0) is 36.4 Å². The second-order valence-corrected chi connectivity index (χ2v) is 6.57. The van der Waals surface area contributed by atoms with Crippen molar-refractivity contribution in [2.45, 2.75) is 6.54 Å². The zero-order chi connectivity index (χ0) is 19.5. The third kappa shape index (κ3) is 3.49. The number of pyridine rings is 1. The number of methoxy groups -OCH3 is 1. The second kappa shape index (κ2) is 7.84. The van der Waals surface area contributed by atoms with Crippen molar-refractivity contribution in [2.75, 3.05) is 19.0 Å². The summed E-state index contributed by atoms with van der Waals surface area (Å²) in [6.07, 6.45) is 6.75. The Morgan fingerprint density at radius 2 is 2.00 bits per heavy atom. The number of halogens is 1. The number of hydrogen-bond acceptors (Lipinski definition) is 5. The van der Waals surface area contributed by atoms with E-state index in [1.807, 2.05) is 30.5 Å². The first kappa shape index (κ1) is 18.2. The van der Waals surface area contributed by atoms with E-state index < -0.39 is 5.56 Å². The number of nitrogens with zero attached hydrogens (tertiary/aromatic N) is 4. The van der Waals surface area contributed by atoms with Crippen molar-refractivity contribution in [1.82, 2.24) is 19.3 Å². The summed E-state index contributed by atoms with van der Waals surface area (Å²) in [6, 6.07) is 11.4. The van der Waals surface area contributed by atoms with E-state index in [1.54, 1.807) is 31.6 Å². The van der Waals surface area contributed by atoms with Crippen molar-refractivity contribution in [3.8, 4) is 5.69 Å². The van der Waals surface area contributed by atoms with Gasteiger partial charge in [-0.15, -0.1) is 0 Å². The fourth-order valence-corrected chi connectivity index (χ4v) is 3.18. The first-order valence-corrected chi connectivity index (χ1v) is 9.08. The van der Waals surface area contributed by atoms with Crippen LogP contribution in [-0.4, -0.2) is 33.0 Å². The fraction of sp³-hybridized carbons (Fsp3) is 0.150. The lowest BCUT2D eigenvalue weighted by Crippen LogP contribution is -2.22. The Morgan fingerprint density at radius 1 is 1.18 bits per heavy atom. The maximum Gasteiger partial charge on any atom is 0.292 e. The molecule has 3 aromatic heterocycles. The van der Waals surface area contributed by atoms with Gasteiger partial charge < -0.3 is 14.6 Å². The molecule has 1 aromatic carbocycles. The SMILES string of the molecule is COCCn1ccc2cc(Nc3cnn(-c4ccncc4)c(=O)c3Cl)ccc21. The molecule has 0 atom stereocenters. The van der Waals surface area contributed by atoms with Gasteiger partial charge in [0.05, 0.1) is 24.2 Å². The minimum atomic E-state index is -0.398. The van der Waals surface area contributed by atoms with Gasteiger partial charge in [0.25, 0.3) is 5.56 Å². The van der Waals surface area contributed by atoms with Crippen LogP contribution in [0.25, 0.3) is 16.6 Å². The molecule has 0 bridgehead atoms. The Bertz CT molecular complexity index is 1170. The first-order valence-electron chi connectivity index (χ1n) is 8.70. The number of aromatic nitrogens is 4. The predicted molar refractivity (Wildman–Crippen MR) is 110 cm³/mol. The lowest BCUT2D eigenvalue weighted by atomic mass is 10.2. The minimum absolute atomic E-state index is 0.0737. The average molecular weight is 396 g/mol. The van der Waals surface area contributed by atoms with Crippen LogP contribution in [0.3, 0.4) is 0 Å². The summed E-state index contributed by atoms with van der Waals surface area (Å²) in [6.45, 7) is 1.44. The fourth-order valence-electron chi connectivity index (χ4n) is 3.01. The van der Waals surface area contributed by atoms with Gasteiger partial charge >= 0.3 is 0 Å². The van der Waals surface area contributed by atoms with Crippen LogP contribution in [0.4, 0.5) is 11.4 Å². The van der Waals surface area contributed by atoms with Crippen LogP contribution in [0.15, 0.2) is 66.0 Å². The maximum absolute atomic E-state index is 12.6. The van der Waals surface area contributed by atoms with Crippen LogP contribution in [-0.2, 0) is 11.3 Å². The summed E-state index contributed by atoms with van der Waals surface area (Å²) in [4.78, 5) is 16.5. The van der Waals surface area contributed by atoms with E-state index in [0.717, 1.165) is 23.1 Å². The highest BCUT2D eigenvalue weighted by atomic mass is 35.5. The van der Waals surface area contributed by atoms with Gasteiger partial charge in [0.2, 0.25) is 0 Å². The van der Waals surface area contributed by atoms with E-state index in [4.69, 9.17) is 16.3 Å². The topological polar surface area (TPSA) is 74.0 Å². The molecule has 0 amide bonds. The van der Waals surface area contributed by atoms with Gasteiger partial charge in [-0.3, -0.25) is 9.78 Å². The van der Waals surface area contributed by atoms with Crippen molar-refractivity contribution in [3.05, 3.63) is 76.6 Å². The molecule has 4 rings (SSSR count). The summed E-state index contributed by atoms with van der Waals surface area (Å²) in [5.74, 6) is 0. The third-order valence-electron chi connectivity index (χ3n) is 4.41. The highest BCUT2D eigenvalue weighted by Crippen LogP contribution is 2.25. The van der Waals surface area contributed by atoms with Crippen LogP contribution in [0.2, 0.25) is 5.02 Å². The molecule has 8 heteroatoms. The van der Waals surface area contributed by atoms with Gasteiger partial charge in [-0.2, -0.15) is 9.78 Å². The van der Waals surface area contributed by atoms with Gasteiger partial charge in [0.1, 0.15) is 5.02 Å². The Hall–Kier alpha value is -3.16. The van der Waals surface area contributed by atoms with Crippen molar-refractivity contribution in [2.24, 2.45) is 0 Å². The molecule has 0 radical (unpaired) electrons. The molecule has 0 aliphatic carbocycles. The Morgan fingerprint density at radius 3 is 2.79 bits per heavy atom. The summed E-state index contributed by atoms with van der Waals surface area (Å²) >= 11 is 6.31. The molecule has 1 N–H and O–H groups in total. The monoisotopic (exact) mass is 395 g/mol. The second-order valence-electron chi connectivity index (χ2n) is 6.20. The summed E-state index contributed by atoms with van der Waals surface area (Å²) in [5.41, 5.74) is 2.59. The van der Waals surface area contributed by atoms with Gasteiger partial charge in [-0.1, -0.05) is 11.6 Å². The smallest absolute Gasteiger partial charge is 0.292 e. The van der Waals surface area contributed by atoms with Crippen molar-refractivity contribution in [3.63, 3.8) is 0 Å². The molecule has 142 valence electrons. The highest BCUT2D eigenvalue weighted by molar-refractivity contribution is 6.33. The molecule has 0 fully saturated rings. The van der Waals surface area contributed by atoms with Crippen molar-refractivity contribution in [1.29, 1.82) is 0 Å². The number of nitrogens with one attached hydrogen (secondary N) is 1. The number of ether oxygens (including phenoxy) is 1. The van der Waals surface area contributed by atoms with E-state index in [1.165, 1.54) is 10.9 Å². The maximum atomic E-state index is 12.6. The van der Waals surface area contributed by atoms with Gasteiger partial charge in [-0.25, -0.2) is 0 Å². The average Bonchev–Trinajstić information content (AvgIpc) is 3.13. The van der Waals surface area contributed by atoms with E-state index in [9.17, 15) is 4.79 Å². The highest BCUT2D eigenvalue weighted by Gasteiger charge is 2.11. The van der Waals surface area contributed by atoms with Crippen molar-refractivity contribution < 1.29 is 4.74 Å². The number of anilines is 2. The van der Waals surface area contributed by atoms with E-state index >= 15 is 0 Å². The summed E-state index contributed by atoms with van der Waals surface area (Å²) in [5, 5.41) is 8.55. The molecule has 0 saturated heterocycles. The quantitative estimate of drug-likeness (QED) is 0.539. The molecule has 3 heterocycles. The standard InChI is InChI=1S/C20H18ClN5O2/c1-28-11-10-25-9-6-14-12-15(2-3-18(14)25)24-17-13-23-26(20(27)19(17)21)16-4-7-22-8-5-16/h2-9,12-13,24H,10-11H2,1H3. The Labute approximate surface area is 166 Å². The lowest BCUT2D eigenvalue weighted by molar-refractivity contribution is 0.188. The Kier molecular flexibility index (Phi) is 5.10. The van der Waals surface area contributed by atoms with Crippen molar-refractivity contribution >= 4 is 33.9 Å². The lowest BCUT2D eigenvalue weighted by Gasteiger charge is -2.11.